The summed E-state index contributed by atoms with van der Waals surface area (Å²) in [5, 5.41) is 20.0. The molecule has 4 N–H and O–H groups in total. The molecule has 4 rings (SSSR count). The van der Waals surface area contributed by atoms with E-state index in [1.807, 2.05) is 0 Å². The molecule has 3 aromatic heterocycles. The Kier molecular flexibility index (Phi) is 8.77. The van der Waals surface area contributed by atoms with Crippen LogP contribution >= 0.6 is 8.00 Å². The lowest BCUT2D eigenvalue weighted by molar-refractivity contribution is -0.173. The van der Waals surface area contributed by atoms with Crippen LogP contribution in [0.1, 0.15) is 30.7 Å². The summed E-state index contributed by atoms with van der Waals surface area (Å²) < 4.78 is 23.5. The minimum Gasteiger partial charge on any atom is -0.601 e. The van der Waals surface area contributed by atoms with E-state index in [0.29, 0.717) is 28.0 Å². The largest absolute Gasteiger partial charge is 0.601 e. The molecule has 5 atom stereocenters. The maximum absolute atomic E-state index is 12.2. The fourth-order valence-electron chi connectivity index (χ4n) is 3.94. The second-order valence-corrected chi connectivity index (χ2v) is 9.20. The van der Waals surface area contributed by atoms with Gasteiger partial charge in [0.15, 0.2) is 6.10 Å². The summed E-state index contributed by atoms with van der Waals surface area (Å²) in [6, 6.07) is 5.11. The normalized spacial score (nSPS) is 21.2. The van der Waals surface area contributed by atoms with E-state index in [1.165, 1.54) is 6.33 Å². The average molecular weight is 531 g/mol. The SMILES string of the molecule is C=C1C[C@H](n2ccc3c(N)ncnc32)O[C@H](COC=[P+]([O-])OCC[C@@H](O)c2ccncc2)[C@H]1OC(=O)O. The van der Waals surface area contributed by atoms with Crippen LogP contribution in [0.3, 0.4) is 0 Å². The summed E-state index contributed by atoms with van der Waals surface area (Å²) in [7, 11) is -2.32. The van der Waals surface area contributed by atoms with E-state index < -0.39 is 38.7 Å². The standard InChI is InChI=1S/C23H26N5O8P/c1-14-10-19(28-8-4-16-21(24)26-12-27-22(16)28)35-18(20(14)36-23(30)31)11-33-13-37(32)34-9-5-17(29)15-2-6-25-7-3-15/h2-4,6-8,12-13,17-20,29H,1,5,9-11H2,(H,30,31)(H2,24,26,27)/t17-,18-,19-,20+/m1/s1. The van der Waals surface area contributed by atoms with Crippen LogP contribution in [0.15, 0.2) is 55.3 Å². The highest BCUT2D eigenvalue weighted by molar-refractivity contribution is 7.44. The third kappa shape index (κ3) is 6.66. The number of hydrogen-bond acceptors (Lipinski definition) is 11. The van der Waals surface area contributed by atoms with Gasteiger partial charge in [0.2, 0.25) is 14.0 Å². The van der Waals surface area contributed by atoms with Gasteiger partial charge in [0.1, 0.15) is 36.7 Å². The molecule has 0 saturated carbocycles. The number of aliphatic hydroxyl groups excluding tert-OH is 1. The molecule has 0 bridgehead atoms. The first-order valence-corrected chi connectivity index (χ1v) is 12.5. The van der Waals surface area contributed by atoms with Crippen molar-refractivity contribution in [3.8, 4) is 0 Å². The van der Waals surface area contributed by atoms with E-state index in [4.69, 9.17) is 29.6 Å². The fraction of sp³-hybridized carbons (Fsp3) is 0.348. The Bertz CT molecular complexity index is 1270. The zero-order chi connectivity index (χ0) is 26.4. The number of carbonyl (C=O) groups is 1. The van der Waals surface area contributed by atoms with Crippen LogP contribution in [0.4, 0.5) is 10.6 Å². The van der Waals surface area contributed by atoms with Gasteiger partial charge < -0.3 is 39.6 Å². The first kappa shape index (κ1) is 26.6. The van der Waals surface area contributed by atoms with Crippen molar-refractivity contribution in [2.24, 2.45) is 0 Å². The zero-order valence-electron chi connectivity index (χ0n) is 19.6. The second kappa shape index (κ2) is 12.2. The number of ether oxygens (including phenoxy) is 3. The zero-order valence-corrected chi connectivity index (χ0v) is 20.5. The van der Waals surface area contributed by atoms with Crippen molar-refractivity contribution in [3.05, 3.63) is 60.8 Å². The minimum absolute atomic E-state index is 0.0216. The number of aromatic nitrogens is 4. The van der Waals surface area contributed by atoms with Gasteiger partial charge in [-0.3, -0.25) is 4.98 Å². The highest BCUT2D eigenvalue weighted by Crippen LogP contribution is 2.35. The smallest absolute Gasteiger partial charge is 0.506 e. The van der Waals surface area contributed by atoms with Crippen LogP contribution in [0.5, 0.6) is 0 Å². The van der Waals surface area contributed by atoms with E-state index >= 15 is 0 Å². The lowest BCUT2D eigenvalue weighted by Crippen LogP contribution is -2.44. The first-order chi connectivity index (χ1) is 17.8. The number of hydrogen-bond donors (Lipinski definition) is 3. The van der Waals surface area contributed by atoms with Crippen LogP contribution in [0.25, 0.3) is 11.0 Å². The lowest BCUT2D eigenvalue weighted by Gasteiger charge is -2.37. The van der Waals surface area contributed by atoms with Crippen molar-refractivity contribution in [3.63, 3.8) is 0 Å². The Morgan fingerprint density at radius 1 is 1.38 bits per heavy atom. The number of aliphatic hydroxyl groups is 1. The van der Waals surface area contributed by atoms with Crippen molar-refractivity contribution < 1.29 is 38.6 Å². The third-order valence-corrected chi connectivity index (χ3v) is 6.47. The molecule has 1 aliphatic rings. The monoisotopic (exact) mass is 531 g/mol. The molecule has 1 fully saturated rings. The topological polar surface area (TPSA) is 187 Å². The lowest BCUT2D eigenvalue weighted by atomic mass is 9.99. The van der Waals surface area contributed by atoms with Crippen LogP contribution in [-0.2, 0) is 18.7 Å². The predicted octanol–water partition coefficient (Wildman–Crippen LogP) is 1.90. The molecule has 0 amide bonds. The number of nitrogen functional groups attached to an aromatic ring is 1. The molecule has 0 spiro atoms. The summed E-state index contributed by atoms with van der Waals surface area (Å²) in [5.74, 6) is 1.32. The Labute approximate surface area is 212 Å². The van der Waals surface area contributed by atoms with Gasteiger partial charge in [0.25, 0.3) is 0 Å². The highest BCUT2D eigenvalue weighted by atomic mass is 31.1. The summed E-state index contributed by atoms with van der Waals surface area (Å²) in [6.07, 6.45) is 1.91. The Morgan fingerprint density at radius 3 is 2.92 bits per heavy atom. The molecule has 37 heavy (non-hydrogen) atoms. The van der Waals surface area contributed by atoms with Gasteiger partial charge in [-0.15, -0.1) is 0 Å². The molecule has 0 radical (unpaired) electrons. The molecule has 14 heteroatoms. The molecular weight excluding hydrogens is 505 g/mol. The molecule has 3 aromatic rings. The number of rotatable bonds is 10. The molecule has 4 heterocycles. The highest BCUT2D eigenvalue weighted by Gasteiger charge is 2.38. The number of nitrogens with two attached hydrogens (primary N) is 1. The quantitative estimate of drug-likeness (QED) is 0.196. The van der Waals surface area contributed by atoms with Crippen molar-refractivity contribution >= 4 is 37.0 Å². The summed E-state index contributed by atoms with van der Waals surface area (Å²) in [6.45, 7) is 3.80. The van der Waals surface area contributed by atoms with Crippen molar-refractivity contribution in [2.45, 2.75) is 37.4 Å². The number of fused-ring (bicyclic) bond motifs is 1. The minimum atomic E-state index is -2.32. The Morgan fingerprint density at radius 2 is 2.16 bits per heavy atom. The van der Waals surface area contributed by atoms with Crippen molar-refractivity contribution in [1.82, 2.24) is 19.5 Å². The molecular formula is C23H26N5O8P. The third-order valence-electron chi connectivity index (χ3n) is 5.71. The van der Waals surface area contributed by atoms with E-state index in [2.05, 4.69) is 21.5 Å². The first-order valence-electron chi connectivity index (χ1n) is 11.3. The number of nitrogens with zero attached hydrogens (tertiary/aromatic N) is 4. The molecule has 13 nitrogen and oxygen atoms in total. The molecule has 0 aliphatic carbocycles. The van der Waals surface area contributed by atoms with E-state index in [9.17, 15) is 14.8 Å². The van der Waals surface area contributed by atoms with Gasteiger partial charge in [0.05, 0.1) is 18.1 Å². The maximum atomic E-state index is 12.2. The van der Waals surface area contributed by atoms with Gasteiger partial charge in [-0.1, -0.05) is 6.58 Å². The predicted molar refractivity (Wildman–Crippen MR) is 131 cm³/mol. The van der Waals surface area contributed by atoms with Gasteiger partial charge in [-0.2, -0.15) is 4.52 Å². The van der Waals surface area contributed by atoms with Crippen LogP contribution < -0.4 is 10.6 Å². The second-order valence-electron chi connectivity index (χ2n) is 8.16. The number of pyridine rings is 1. The summed E-state index contributed by atoms with van der Waals surface area (Å²) in [4.78, 5) is 35.6. The molecule has 1 aliphatic heterocycles. The fourth-order valence-corrected chi connectivity index (χ4v) is 4.50. The number of anilines is 1. The van der Waals surface area contributed by atoms with Crippen LogP contribution in [-0.4, -0.2) is 67.3 Å². The average Bonchev–Trinajstić information content (AvgIpc) is 3.31. The van der Waals surface area contributed by atoms with Crippen LogP contribution in [0, 0.1) is 0 Å². The van der Waals surface area contributed by atoms with Gasteiger partial charge in [-0.05, 0) is 29.3 Å². The van der Waals surface area contributed by atoms with Crippen molar-refractivity contribution in [1.29, 1.82) is 0 Å². The van der Waals surface area contributed by atoms with Gasteiger partial charge in [0, 0.05) is 31.4 Å². The van der Waals surface area contributed by atoms with E-state index in [-0.39, 0.29) is 26.1 Å². The Balaban J connectivity index is 1.37. The summed E-state index contributed by atoms with van der Waals surface area (Å²) >= 11 is 0. The van der Waals surface area contributed by atoms with E-state index in [1.54, 1.807) is 41.4 Å². The molecule has 196 valence electrons. The number of carboxylic acid groups (broad SMARTS) is 1. The summed E-state index contributed by atoms with van der Waals surface area (Å²) in [5.41, 5.74) is 7.61. The Hall–Kier alpha value is -3.45. The molecule has 1 saturated heterocycles. The van der Waals surface area contributed by atoms with Crippen molar-refractivity contribution in [2.75, 3.05) is 18.9 Å². The molecule has 1 unspecified atom stereocenters. The van der Waals surface area contributed by atoms with E-state index in [0.717, 1.165) is 5.98 Å². The van der Waals surface area contributed by atoms with Gasteiger partial charge in [-0.25, -0.2) is 14.8 Å². The van der Waals surface area contributed by atoms with Gasteiger partial charge >= 0.3 is 6.16 Å². The molecule has 0 aromatic carbocycles. The maximum Gasteiger partial charge on any atom is 0.506 e. The van der Waals surface area contributed by atoms with Crippen LogP contribution in [0.2, 0.25) is 0 Å².